The number of rotatable bonds is 1. The summed E-state index contributed by atoms with van der Waals surface area (Å²) in [5.41, 5.74) is -1.93. The molecule has 1 aromatic carbocycles. The first-order chi connectivity index (χ1) is 6.73. The van der Waals surface area contributed by atoms with Crippen LogP contribution < -0.4 is 0 Å². The second kappa shape index (κ2) is 3.73. The largest absolute Gasteiger partial charge is 0.506 e. The van der Waals surface area contributed by atoms with E-state index in [-0.39, 0.29) is 4.47 Å². The van der Waals surface area contributed by atoms with Crippen LogP contribution in [-0.2, 0) is 6.18 Å². The van der Waals surface area contributed by atoms with E-state index in [1.807, 2.05) is 0 Å². The summed E-state index contributed by atoms with van der Waals surface area (Å²) in [7, 11) is 0. The summed E-state index contributed by atoms with van der Waals surface area (Å²) in [5.74, 6) is -2.52. The Balaban J connectivity index is 3.45. The van der Waals surface area contributed by atoms with E-state index in [1.54, 1.807) is 0 Å². The Morgan fingerprint density at radius 1 is 1.33 bits per heavy atom. The Morgan fingerprint density at radius 3 is 2.27 bits per heavy atom. The molecular weight excluding hydrogens is 281 g/mol. The van der Waals surface area contributed by atoms with Crippen molar-refractivity contribution in [2.45, 2.75) is 6.18 Å². The molecule has 3 nitrogen and oxygen atoms in total. The lowest BCUT2D eigenvalue weighted by Gasteiger charge is -2.10. The average Bonchev–Trinajstić information content (AvgIpc) is 2.06. The van der Waals surface area contributed by atoms with Crippen LogP contribution in [0.5, 0.6) is 5.75 Å². The van der Waals surface area contributed by atoms with Gasteiger partial charge in [-0.3, -0.25) is 0 Å². The number of carbonyl (C=O) groups is 1. The first-order valence-electron chi connectivity index (χ1n) is 3.56. The van der Waals surface area contributed by atoms with Gasteiger partial charge in [0.15, 0.2) is 0 Å². The van der Waals surface area contributed by atoms with Crippen molar-refractivity contribution in [2.24, 2.45) is 0 Å². The molecule has 0 saturated heterocycles. The van der Waals surface area contributed by atoms with Crippen LogP contribution in [0.25, 0.3) is 0 Å². The molecule has 0 radical (unpaired) electrons. The van der Waals surface area contributed by atoms with E-state index in [0.29, 0.717) is 6.07 Å². The van der Waals surface area contributed by atoms with Gasteiger partial charge in [-0.2, -0.15) is 13.2 Å². The van der Waals surface area contributed by atoms with Gasteiger partial charge in [0, 0.05) is 0 Å². The minimum atomic E-state index is -4.79. The SMILES string of the molecule is O=C(O)c1cc(Br)c(O)c(C(F)(F)F)c1. The molecule has 0 bridgehead atoms. The smallest absolute Gasteiger partial charge is 0.420 e. The number of carboxylic acids is 1. The van der Waals surface area contributed by atoms with Crippen LogP contribution in [-0.4, -0.2) is 16.2 Å². The van der Waals surface area contributed by atoms with Crippen molar-refractivity contribution < 1.29 is 28.2 Å². The third-order valence-electron chi connectivity index (χ3n) is 1.62. The predicted molar refractivity (Wildman–Crippen MR) is 47.8 cm³/mol. The summed E-state index contributed by atoms with van der Waals surface area (Å²) in [6.07, 6.45) is -4.79. The number of hydrogen-bond acceptors (Lipinski definition) is 2. The molecule has 0 aliphatic carbocycles. The van der Waals surface area contributed by atoms with E-state index >= 15 is 0 Å². The number of hydrogen-bond donors (Lipinski definition) is 2. The highest BCUT2D eigenvalue weighted by molar-refractivity contribution is 9.10. The van der Waals surface area contributed by atoms with Gasteiger partial charge in [0.25, 0.3) is 0 Å². The minimum Gasteiger partial charge on any atom is -0.506 e. The van der Waals surface area contributed by atoms with Crippen molar-refractivity contribution in [3.05, 3.63) is 27.7 Å². The van der Waals surface area contributed by atoms with Gasteiger partial charge < -0.3 is 10.2 Å². The zero-order chi connectivity index (χ0) is 11.8. The molecule has 0 aliphatic heterocycles. The van der Waals surface area contributed by atoms with Crippen LogP contribution in [0.1, 0.15) is 15.9 Å². The number of aromatic carboxylic acids is 1. The fraction of sp³-hybridized carbons (Fsp3) is 0.125. The lowest BCUT2D eigenvalue weighted by molar-refractivity contribution is -0.138. The molecule has 2 N–H and O–H groups in total. The maximum atomic E-state index is 12.3. The molecule has 0 spiro atoms. The fourth-order valence-electron chi connectivity index (χ4n) is 0.939. The van der Waals surface area contributed by atoms with Crippen LogP contribution in [0.4, 0.5) is 13.2 Å². The van der Waals surface area contributed by atoms with E-state index in [2.05, 4.69) is 15.9 Å². The Kier molecular flexibility index (Phi) is 2.94. The molecule has 15 heavy (non-hydrogen) atoms. The van der Waals surface area contributed by atoms with Crippen molar-refractivity contribution in [1.82, 2.24) is 0 Å². The van der Waals surface area contributed by atoms with Crippen LogP contribution in [0.3, 0.4) is 0 Å². The predicted octanol–water partition coefficient (Wildman–Crippen LogP) is 2.87. The van der Waals surface area contributed by atoms with Crippen LogP contribution in [0.2, 0.25) is 0 Å². The van der Waals surface area contributed by atoms with E-state index in [4.69, 9.17) is 10.2 Å². The maximum Gasteiger partial charge on any atom is 0.420 e. The van der Waals surface area contributed by atoms with Gasteiger partial charge in [0.05, 0.1) is 15.6 Å². The third-order valence-corrected chi connectivity index (χ3v) is 2.22. The lowest BCUT2D eigenvalue weighted by Crippen LogP contribution is -2.08. The summed E-state index contributed by atoms with van der Waals surface area (Å²) in [6.45, 7) is 0. The highest BCUT2D eigenvalue weighted by Gasteiger charge is 2.35. The van der Waals surface area contributed by atoms with Gasteiger partial charge in [-0.05, 0) is 28.1 Å². The second-order valence-electron chi connectivity index (χ2n) is 2.66. The van der Waals surface area contributed by atoms with E-state index < -0.39 is 29.0 Å². The molecular formula is C8H4BrF3O3. The van der Waals surface area contributed by atoms with E-state index in [0.717, 1.165) is 6.07 Å². The van der Waals surface area contributed by atoms with Gasteiger partial charge in [0.1, 0.15) is 5.75 Å². The highest BCUT2D eigenvalue weighted by atomic mass is 79.9. The Labute approximate surface area is 90.3 Å². The van der Waals surface area contributed by atoms with Gasteiger partial charge in [-0.25, -0.2) is 4.79 Å². The van der Waals surface area contributed by atoms with Gasteiger partial charge in [0.2, 0.25) is 0 Å². The topological polar surface area (TPSA) is 57.5 Å². The zero-order valence-electron chi connectivity index (χ0n) is 6.97. The summed E-state index contributed by atoms with van der Waals surface area (Å²) in [4.78, 5) is 10.5. The number of alkyl halides is 3. The standard InChI is InChI=1S/C8H4BrF3O3/c9-5-2-3(7(14)15)1-4(6(5)13)8(10,11)12/h1-2,13H,(H,14,15). The van der Waals surface area contributed by atoms with Crippen molar-refractivity contribution in [3.8, 4) is 5.75 Å². The summed E-state index contributed by atoms with van der Waals surface area (Å²) < 4.78 is 36.6. The molecule has 1 rings (SSSR count). The molecule has 0 unspecified atom stereocenters. The Bertz CT molecular complexity index is 414. The van der Waals surface area contributed by atoms with Crippen molar-refractivity contribution >= 4 is 21.9 Å². The third kappa shape index (κ3) is 2.41. The van der Waals surface area contributed by atoms with E-state index in [1.165, 1.54) is 0 Å². The molecule has 0 heterocycles. The number of phenolic OH excluding ortho intramolecular Hbond substituents is 1. The minimum absolute atomic E-state index is 0.310. The van der Waals surface area contributed by atoms with Gasteiger partial charge >= 0.3 is 12.1 Å². The molecule has 0 amide bonds. The van der Waals surface area contributed by atoms with Crippen molar-refractivity contribution in [3.63, 3.8) is 0 Å². The first kappa shape index (κ1) is 11.8. The molecule has 7 heteroatoms. The van der Waals surface area contributed by atoms with Crippen molar-refractivity contribution in [1.29, 1.82) is 0 Å². The quantitative estimate of drug-likeness (QED) is 0.834. The van der Waals surface area contributed by atoms with E-state index in [9.17, 15) is 18.0 Å². The Morgan fingerprint density at radius 2 is 1.87 bits per heavy atom. The normalized spacial score (nSPS) is 11.5. The van der Waals surface area contributed by atoms with Crippen LogP contribution in [0, 0.1) is 0 Å². The molecule has 82 valence electrons. The molecule has 0 aromatic heterocycles. The Hall–Kier alpha value is -1.24. The van der Waals surface area contributed by atoms with Crippen LogP contribution in [0.15, 0.2) is 16.6 Å². The summed E-state index contributed by atoms with van der Waals surface area (Å²) in [6, 6.07) is 1.27. The number of halogens is 4. The number of phenols is 1. The number of aromatic hydroxyl groups is 1. The summed E-state index contributed by atoms with van der Waals surface area (Å²) >= 11 is 2.64. The molecule has 0 aliphatic rings. The molecule has 1 aromatic rings. The maximum absolute atomic E-state index is 12.3. The fourth-order valence-corrected chi connectivity index (χ4v) is 1.40. The summed E-state index contributed by atoms with van der Waals surface area (Å²) in [5, 5.41) is 17.6. The zero-order valence-corrected chi connectivity index (χ0v) is 8.56. The monoisotopic (exact) mass is 284 g/mol. The van der Waals surface area contributed by atoms with Gasteiger partial charge in [-0.1, -0.05) is 0 Å². The first-order valence-corrected chi connectivity index (χ1v) is 4.35. The second-order valence-corrected chi connectivity index (χ2v) is 3.51. The number of benzene rings is 1. The van der Waals surface area contributed by atoms with Gasteiger partial charge in [-0.15, -0.1) is 0 Å². The highest BCUT2D eigenvalue weighted by Crippen LogP contribution is 2.40. The lowest BCUT2D eigenvalue weighted by atomic mass is 10.1. The average molecular weight is 285 g/mol. The molecule has 0 atom stereocenters. The van der Waals surface area contributed by atoms with Crippen LogP contribution >= 0.6 is 15.9 Å². The molecule has 0 saturated carbocycles. The van der Waals surface area contributed by atoms with Crippen molar-refractivity contribution in [2.75, 3.05) is 0 Å². The molecule has 0 fully saturated rings. The number of carboxylic acid groups (broad SMARTS) is 1.